The van der Waals surface area contributed by atoms with Crippen molar-refractivity contribution in [2.24, 2.45) is 0 Å². The summed E-state index contributed by atoms with van der Waals surface area (Å²) >= 11 is 0. The SMILES string of the molecule is CC(=O)O[C@@H](C(=O)O)C(c1ccccc1)N(C(=O)OC(C)(C)C)C(=O)OC(C)(C)C. The number of carboxylic acid groups (broad SMARTS) is 1. The van der Waals surface area contributed by atoms with Crippen molar-refractivity contribution in [1.29, 1.82) is 0 Å². The molecule has 1 N–H and O–H groups in total. The summed E-state index contributed by atoms with van der Waals surface area (Å²) < 4.78 is 15.6. The number of aliphatic carboxylic acids is 1. The minimum Gasteiger partial charge on any atom is -0.478 e. The highest BCUT2D eigenvalue weighted by molar-refractivity contribution is 5.90. The predicted molar refractivity (Wildman–Crippen MR) is 107 cm³/mol. The fraction of sp³-hybridized carbons (Fsp3) is 0.524. The van der Waals surface area contributed by atoms with Crippen LogP contribution in [0, 0.1) is 0 Å². The van der Waals surface area contributed by atoms with Gasteiger partial charge in [0.1, 0.15) is 17.2 Å². The van der Waals surface area contributed by atoms with E-state index in [0.717, 1.165) is 6.92 Å². The molecule has 0 radical (unpaired) electrons. The van der Waals surface area contributed by atoms with Crippen LogP contribution in [0.1, 0.15) is 60.1 Å². The lowest BCUT2D eigenvalue weighted by Gasteiger charge is -2.35. The summed E-state index contributed by atoms with van der Waals surface area (Å²) in [6, 6.07) is 6.34. The molecule has 0 saturated heterocycles. The molecule has 2 atom stereocenters. The van der Waals surface area contributed by atoms with Crippen LogP contribution in [0.4, 0.5) is 9.59 Å². The highest BCUT2D eigenvalue weighted by Gasteiger charge is 2.45. The third-order valence-corrected chi connectivity index (χ3v) is 3.42. The zero-order chi connectivity index (χ0) is 23.3. The Hall–Kier alpha value is -3.10. The number of carbonyl (C=O) groups excluding carboxylic acids is 3. The molecule has 0 aliphatic carbocycles. The smallest absolute Gasteiger partial charge is 0.420 e. The molecule has 1 unspecified atom stereocenters. The monoisotopic (exact) mass is 423 g/mol. The summed E-state index contributed by atoms with van der Waals surface area (Å²) in [7, 11) is 0. The minimum absolute atomic E-state index is 0.239. The standard InChI is InChI=1S/C21H29NO8/c1-13(23)28-16(17(24)25)15(14-11-9-8-10-12-14)22(18(26)29-20(2,3)4)19(27)30-21(5,6)7/h8-12,15-16H,1-7H3,(H,24,25)/t15?,16-/m1/s1. The van der Waals surface area contributed by atoms with Crippen molar-refractivity contribution >= 4 is 24.1 Å². The Morgan fingerprint density at radius 2 is 1.30 bits per heavy atom. The van der Waals surface area contributed by atoms with Crippen LogP contribution in [-0.4, -0.2) is 51.4 Å². The van der Waals surface area contributed by atoms with Crippen LogP contribution in [0.15, 0.2) is 30.3 Å². The second kappa shape index (κ2) is 9.60. The molecule has 1 aromatic rings. The normalized spacial score (nSPS) is 13.6. The Balaban J connectivity index is 3.64. The third-order valence-electron chi connectivity index (χ3n) is 3.42. The summed E-state index contributed by atoms with van der Waals surface area (Å²) in [5.41, 5.74) is -1.74. The van der Waals surface area contributed by atoms with Gasteiger partial charge in [0.25, 0.3) is 0 Å². The van der Waals surface area contributed by atoms with Gasteiger partial charge in [-0.25, -0.2) is 19.3 Å². The molecule has 1 aromatic carbocycles. The van der Waals surface area contributed by atoms with Crippen LogP contribution in [0.3, 0.4) is 0 Å². The number of carboxylic acids is 1. The second-order valence-electron chi connectivity index (χ2n) is 8.55. The summed E-state index contributed by atoms with van der Waals surface area (Å²) in [6.45, 7) is 10.6. The van der Waals surface area contributed by atoms with Crippen LogP contribution in [-0.2, 0) is 23.8 Å². The number of esters is 1. The van der Waals surface area contributed by atoms with Gasteiger partial charge < -0.3 is 19.3 Å². The zero-order valence-corrected chi connectivity index (χ0v) is 18.3. The van der Waals surface area contributed by atoms with Crippen molar-refractivity contribution < 1.29 is 38.5 Å². The molecular weight excluding hydrogens is 394 g/mol. The summed E-state index contributed by atoms with van der Waals surface area (Å²) in [5, 5.41) is 9.72. The van der Waals surface area contributed by atoms with E-state index in [1.165, 1.54) is 12.1 Å². The predicted octanol–water partition coefficient (Wildman–Crippen LogP) is 3.92. The van der Waals surface area contributed by atoms with E-state index in [0.29, 0.717) is 4.90 Å². The molecule has 166 valence electrons. The quantitative estimate of drug-likeness (QED) is 0.559. The molecule has 30 heavy (non-hydrogen) atoms. The molecule has 9 heteroatoms. The lowest BCUT2D eigenvalue weighted by molar-refractivity contribution is -0.167. The Kier molecular flexibility index (Phi) is 7.98. The zero-order valence-electron chi connectivity index (χ0n) is 18.3. The first-order valence-corrected chi connectivity index (χ1v) is 9.32. The van der Waals surface area contributed by atoms with Crippen LogP contribution in [0.2, 0.25) is 0 Å². The van der Waals surface area contributed by atoms with Crippen molar-refractivity contribution in [3.63, 3.8) is 0 Å². The Morgan fingerprint density at radius 1 is 0.867 bits per heavy atom. The maximum atomic E-state index is 13.0. The molecule has 0 saturated carbocycles. The number of nitrogens with zero attached hydrogens (tertiary/aromatic N) is 1. The number of ether oxygens (including phenoxy) is 3. The number of carbonyl (C=O) groups is 4. The molecule has 0 fully saturated rings. The molecule has 0 heterocycles. The van der Waals surface area contributed by atoms with Crippen LogP contribution in [0.5, 0.6) is 0 Å². The fourth-order valence-electron chi connectivity index (χ4n) is 2.46. The van der Waals surface area contributed by atoms with E-state index in [-0.39, 0.29) is 5.56 Å². The fourth-order valence-corrected chi connectivity index (χ4v) is 2.46. The van der Waals surface area contributed by atoms with Gasteiger partial charge in [-0.15, -0.1) is 0 Å². The van der Waals surface area contributed by atoms with E-state index in [2.05, 4.69) is 0 Å². The molecular formula is C21H29NO8. The molecule has 0 spiro atoms. The largest absolute Gasteiger partial charge is 0.478 e. The van der Waals surface area contributed by atoms with Gasteiger partial charge in [-0.1, -0.05) is 30.3 Å². The van der Waals surface area contributed by atoms with Gasteiger partial charge >= 0.3 is 24.1 Å². The molecule has 0 aliphatic heterocycles. The lowest BCUT2D eigenvalue weighted by atomic mass is 9.99. The maximum Gasteiger partial charge on any atom is 0.420 e. The average molecular weight is 423 g/mol. The van der Waals surface area contributed by atoms with Gasteiger partial charge in [0.2, 0.25) is 6.10 Å². The molecule has 1 rings (SSSR count). The molecule has 0 aromatic heterocycles. The molecule has 2 amide bonds. The number of rotatable bonds is 5. The molecule has 9 nitrogen and oxygen atoms in total. The number of hydrogen-bond acceptors (Lipinski definition) is 7. The van der Waals surface area contributed by atoms with Crippen LogP contribution < -0.4 is 0 Å². The highest BCUT2D eigenvalue weighted by Crippen LogP contribution is 2.30. The van der Waals surface area contributed by atoms with E-state index in [1.54, 1.807) is 59.7 Å². The van der Waals surface area contributed by atoms with Gasteiger partial charge in [0, 0.05) is 6.92 Å². The first-order chi connectivity index (χ1) is 13.6. The summed E-state index contributed by atoms with van der Waals surface area (Å²) in [5.74, 6) is -2.44. The van der Waals surface area contributed by atoms with Crippen molar-refractivity contribution in [1.82, 2.24) is 4.90 Å². The maximum absolute atomic E-state index is 13.0. The number of hydrogen-bond donors (Lipinski definition) is 1. The number of benzene rings is 1. The Morgan fingerprint density at radius 3 is 1.63 bits per heavy atom. The van der Waals surface area contributed by atoms with Gasteiger partial charge in [-0.05, 0) is 47.1 Å². The van der Waals surface area contributed by atoms with E-state index >= 15 is 0 Å². The first-order valence-electron chi connectivity index (χ1n) is 9.32. The summed E-state index contributed by atoms with van der Waals surface area (Å²) in [4.78, 5) is 50.0. The second-order valence-corrected chi connectivity index (χ2v) is 8.55. The van der Waals surface area contributed by atoms with E-state index in [4.69, 9.17) is 14.2 Å². The number of imide groups is 1. The van der Waals surface area contributed by atoms with Crippen molar-refractivity contribution in [2.75, 3.05) is 0 Å². The Bertz CT molecular complexity index is 748. The van der Waals surface area contributed by atoms with E-state index in [1.807, 2.05) is 0 Å². The summed E-state index contributed by atoms with van der Waals surface area (Å²) in [6.07, 6.45) is -4.15. The van der Waals surface area contributed by atoms with Gasteiger partial charge in [0.05, 0.1) is 0 Å². The third kappa shape index (κ3) is 7.73. The van der Waals surface area contributed by atoms with E-state index in [9.17, 15) is 24.3 Å². The van der Waals surface area contributed by atoms with Crippen molar-refractivity contribution in [2.45, 2.75) is 71.8 Å². The topological polar surface area (TPSA) is 119 Å². The van der Waals surface area contributed by atoms with Gasteiger partial charge in [0.15, 0.2) is 0 Å². The molecule has 0 aliphatic rings. The van der Waals surface area contributed by atoms with Crippen LogP contribution >= 0.6 is 0 Å². The van der Waals surface area contributed by atoms with Crippen molar-refractivity contribution in [3.05, 3.63) is 35.9 Å². The van der Waals surface area contributed by atoms with Gasteiger partial charge in [-0.3, -0.25) is 4.79 Å². The highest BCUT2D eigenvalue weighted by atomic mass is 16.6. The average Bonchev–Trinajstić information content (AvgIpc) is 2.54. The van der Waals surface area contributed by atoms with Gasteiger partial charge in [-0.2, -0.15) is 0 Å². The molecule has 0 bridgehead atoms. The van der Waals surface area contributed by atoms with E-state index < -0.39 is 47.5 Å². The minimum atomic E-state index is -1.88. The number of amides is 2. The lowest BCUT2D eigenvalue weighted by Crippen LogP contribution is -2.51. The first kappa shape index (κ1) is 24.9. The van der Waals surface area contributed by atoms with Crippen LogP contribution in [0.25, 0.3) is 0 Å². The Labute approximate surface area is 175 Å². The van der Waals surface area contributed by atoms with Crippen molar-refractivity contribution in [3.8, 4) is 0 Å².